The summed E-state index contributed by atoms with van der Waals surface area (Å²) in [6.07, 6.45) is 0. The van der Waals surface area contributed by atoms with Gasteiger partial charge in [-0.15, -0.1) is 0 Å². The van der Waals surface area contributed by atoms with Crippen molar-refractivity contribution in [2.45, 2.75) is 26.5 Å². The predicted octanol–water partition coefficient (Wildman–Crippen LogP) is 2.06. The topological polar surface area (TPSA) is 87.7 Å². The van der Waals surface area contributed by atoms with Crippen LogP contribution in [0.3, 0.4) is 0 Å². The van der Waals surface area contributed by atoms with Crippen molar-refractivity contribution >= 4 is 17.7 Å². The smallest absolute Gasteiger partial charge is 0.326 e. The molecule has 6 heteroatoms. The minimum Gasteiger partial charge on any atom is -0.480 e. The van der Waals surface area contributed by atoms with Gasteiger partial charge in [-0.25, -0.2) is 9.59 Å². The van der Waals surface area contributed by atoms with Gasteiger partial charge in [0.15, 0.2) is 0 Å². The first kappa shape index (κ1) is 16.0. The van der Waals surface area contributed by atoms with Crippen LogP contribution < -0.4 is 10.6 Å². The fourth-order valence-corrected chi connectivity index (χ4v) is 1.73. The largest absolute Gasteiger partial charge is 0.480 e. The summed E-state index contributed by atoms with van der Waals surface area (Å²) in [6, 6.07) is 5.71. The molecule has 0 aromatic heterocycles. The molecule has 0 aliphatic heterocycles. The minimum absolute atomic E-state index is 0.196. The van der Waals surface area contributed by atoms with Gasteiger partial charge in [-0.05, 0) is 23.6 Å². The van der Waals surface area contributed by atoms with Crippen LogP contribution in [0, 0.1) is 5.92 Å². The maximum absolute atomic E-state index is 11.8. The summed E-state index contributed by atoms with van der Waals surface area (Å²) in [4.78, 5) is 22.8. The van der Waals surface area contributed by atoms with Crippen LogP contribution >= 0.6 is 0 Å². The van der Waals surface area contributed by atoms with Crippen molar-refractivity contribution in [3.8, 4) is 0 Å². The van der Waals surface area contributed by atoms with Crippen molar-refractivity contribution in [1.82, 2.24) is 5.32 Å². The SMILES string of the molecule is COCc1cccc(NC(=O)N[C@@H](C(=O)O)C(C)C)c1. The van der Waals surface area contributed by atoms with Crippen LogP contribution in [0.15, 0.2) is 24.3 Å². The highest BCUT2D eigenvalue weighted by Crippen LogP contribution is 2.11. The number of carboxylic acid groups (broad SMARTS) is 1. The van der Waals surface area contributed by atoms with Gasteiger partial charge in [0, 0.05) is 12.8 Å². The van der Waals surface area contributed by atoms with E-state index in [2.05, 4.69) is 10.6 Å². The fourth-order valence-electron chi connectivity index (χ4n) is 1.73. The quantitative estimate of drug-likeness (QED) is 0.744. The Kier molecular flexibility index (Phi) is 5.99. The van der Waals surface area contributed by atoms with E-state index in [9.17, 15) is 9.59 Å². The average Bonchev–Trinajstić information content (AvgIpc) is 2.36. The molecule has 0 unspecified atom stereocenters. The van der Waals surface area contributed by atoms with Gasteiger partial charge >= 0.3 is 12.0 Å². The maximum Gasteiger partial charge on any atom is 0.326 e. The first-order valence-corrected chi connectivity index (χ1v) is 6.32. The Balaban J connectivity index is 2.66. The molecule has 1 aromatic rings. The molecule has 1 aromatic carbocycles. The number of amides is 2. The van der Waals surface area contributed by atoms with E-state index in [-0.39, 0.29) is 5.92 Å². The van der Waals surface area contributed by atoms with Crippen molar-refractivity contribution < 1.29 is 19.4 Å². The number of anilines is 1. The summed E-state index contributed by atoms with van der Waals surface area (Å²) in [5.41, 5.74) is 1.51. The molecule has 0 bridgehead atoms. The van der Waals surface area contributed by atoms with E-state index in [1.54, 1.807) is 39.2 Å². The molecule has 0 fully saturated rings. The van der Waals surface area contributed by atoms with Crippen LogP contribution in [-0.2, 0) is 16.1 Å². The molecule has 0 heterocycles. The van der Waals surface area contributed by atoms with Crippen LogP contribution in [-0.4, -0.2) is 30.3 Å². The fraction of sp³-hybridized carbons (Fsp3) is 0.429. The maximum atomic E-state index is 11.8. The van der Waals surface area contributed by atoms with Crippen LogP contribution in [0.1, 0.15) is 19.4 Å². The number of ether oxygens (including phenoxy) is 1. The molecule has 0 radical (unpaired) electrons. The Hall–Kier alpha value is -2.08. The molecule has 2 amide bonds. The van der Waals surface area contributed by atoms with E-state index in [1.807, 2.05) is 6.07 Å². The zero-order chi connectivity index (χ0) is 15.1. The number of nitrogens with one attached hydrogen (secondary N) is 2. The number of aliphatic carboxylic acids is 1. The number of hydrogen-bond acceptors (Lipinski definition) is 3. The molecule has 0 saturated heterocycles. The number of benzene rings is 1. The van der Waals surface area contributed by atoms with E-state index in [0.717, 1.165) is 5.56 Å². The van der Waals surface area contributed by atoms with Crippen molar-refractivity contribution in [3.63, 3.8) is 0 Å². The van der Waals surface area contributed by atoms with Gasteiger partial charge in [-0.3, -0.25) is 0 Å². The lowest BCUT2D eigenvalue weighted by atomic mass is 10.1. The van der Waals surface area contributed by atoms with Gasteiger partial charge in [-0.1, -0.05) is 26.0 Å². The minimum atomic E-state index is -1.05. The van der Waals surface area contributed by atoms with Gasteiger partial charge in [-0.2, -0.15) is 0 Å². The summed E-state index contributed by atoms with van der Waals surface area (Å²) in [5, 5.41) is 14.1. The lowest BCUT2D eigenvalue weighted by Gasteiger charge is -2.18. The molecule has 3 N–H and O–H groups in total. The van der Waals surface area contributed by atoms with Crippen LogP contribution in [0.4, 0.5) is 10.5 Å². The Morgan fingerprint density at radius 1 is 1.35 bits per heavy atom. The molecular weight excluding hydrogens is 260 g/mol. The second-order valence-corrected chi connectivity index (χ2v) is 4.79. The number of hydrogen-bond donors (Lipinski definition) is 3. The zero-order valence-electron chi connectivity index (χ0n) is 11.8. The van der Waals surface area contributed by atoms with Gasteiger partial charge in [0.05, 0.1) is 6.61 Å². The van der Waals surface area contributed by atoms with E-state index in [1.165, 1.54) is 0 Å². The summed E-state index contributed by atoms with van der Waals surface area (Å²) >= 11 is 0. The highest BCUT2D eigenvalue weighted by atomic mass is 16.5. The summed E-state index contributed by atoms with van der Waals surface area (Å²) in [6.45, 7) is 3.91. The molecule has 6 nitrogen and oxygen atoms in total. The molecule has 110 valence electrons. The van der Waals surface area contributed by atoms with E-state index >= 15 is 0 Å². The monoisotopic (exact) mass is 280 g/mol. The van der Waals surface area contributed by atoms with Crippen LogP contribution in [0.25, 0.3) is 0 Å². The molecule has 1 atom stereocenters. The number of rotatable bonds is 6. The van der Waals surface area contributed by atoms with Gasteiger partial charge in [0.25, 0.3) is 0 Å². The molecule has 20 heavy (non-hydrogen) atoms. The van der Waals surface area contributed by atoms with Crippen molar-refractivity contribution in [3.05, 3.63) is 29.8 Å². The number of carbonyl (C=O) groups is 2. The summed E-state index contributed by atoms with van der Waals surface area (Å²) in [5.74, 6) is -1.25. The third kappa shape index (κ3) is 4.89. The number of urea groups is 1. The molecular formula is C14H20N2O4. The highest BCUT2D eigenvalue weighted by molar-refractivity contribution is 5.92. The van der Waals surface area contributed by atoms with Crippen LogP contribution in [0.2, 0.25) is 0 Å². The van der Waals surface area contributed by atoms with E-state index < -0.39 is 18.0 Å². The first-order chi connectivity index (χ1) is 9.43. The van der Waals surface area contributed by atoms with E-state index in [0.29, 0.717) is 12.3 Å². The molecule has 0 aliphatic rings. The molecule has 0 spiro atoms. The number of carbonyl (C=O) groups excluding carboxylic acids is 1. The normalized spacial score (nSPS) is 12.0. The third-order valence-electron chi connectivity index (χ3n) is 2.72. The first-order valence-electron chi connectivity index (χ1n) is 6.32. The van der Waals surface area contributed by atoms with Crippen molar-refractivity contribution in [1.29, 1.82) is 0 Å². The lowest BCUT2D eigenvalue weighted by Crippen LogP contribution is -2.46. The summed E-state index contributed by atoms with van der Waals surface area (Å²) < 4.78 is 5.01. The van der Waals surface area contributed by atoms with E-state index in [4.69, 9.17) is 9.84 Å². The van der Waals surface area contributed by atoms with Crippen molar-refractivity contribution in [2.24, 2.45) is 5.92 Å². The average molecular weight is 280 g/mol. The highest BCUT2D eigenvalue weighted by Gasteiger charge is 2.23. The molecule has 1 rings (SSSR count). The van der Waals surface area contributed by atoms with Crippen molar-refractivity contribution in [2.75, 3.05) is 12.4 Å². The van der Waals surface area contributed by atoms with Crippen LogP contribution in [0.5, 0.6) is 0 Å². The van der Waals surface area contributed by atoms with Gasteiger partial charge in [0.2, 0.25) is 0 Å². The number of carboxylic acids is 1. The third-order valence-corrected chi connectivity index (χ3v) is 2.72. The molecule has 0 saturated carbocycles. The number of methoxy groups -OCH3 is 1. The Bertz CT molecular complexity index is 474. The second kappa shape index (κ2) is 7.49. The van der Waals surface area contributed by atoms with Gasteiger partial charge in [0.1, 0.15) is 6.04 Å². The lowest BCUT2D eigenvalue weighted by molar-refractivity contribution is -0.140. The standard InChI is InChI=1S/C14H20N2O4/c1-9(2)12(13(17)18)16-14(19)15-11-6-4-5-10(7-11)8-20-3/h4-7,9,12H,8H2,1-3H3,(H,17,18)(H2,15,16,19)/t12-/m1/s1. The van der Waals surface area contributed by atoms with Gasteiger partial charge < -0.3 is 20.5 Å². The Morgan fingerprint density at radius 2 is 2.05 bits per heavy atom. The predicted molar refractivity (Wildman–Crippen MR) is 75.6 cm³/mol. The molecule has 0 aliphatic carbocycles. The second-order valence-electron chi connectivity index (χ2n) is 4.79. The zero-order valence-corrected chi connectivity index (χ0v) is 11.8. The Labute approximate surface area is 118 Å². The summed E-state index contributed by atoms with van der Waals surface area (Å²) in [7, 11) is 1.59. The Morgan fingerprint density at radius 3 is 2.60 bits per heavy atom.